The fraction of sp³-hybridized carbons (Fsp3) is 0.693. The Hall–Kier alpha value is -4.19. The quantitative estimate of drug-likeness (QED) is 0.0261. The molecule has 0 aliphatic rings. The highest BCUT2D eigenvalue weighted by Crippen LogP contribution is 2.16. The highest BCUT2D eigenvalue weighted by molar-refractivity contribution is 5.71. The Morgan fingerprint density at radius 2 is 0.494 bits per heavy atom. The molecule has 0 rings (SSSR count). The first-order valence-corrected chi connectivity index (χ1v) is 34.0. The Balaban J connectivity index is 4.44. The molecule has 0 aromatic heterocycles. The number of carbonyl (C=O) groups excluding carboxylic acids is 3. The van der Waals surface area contributed by atoms with E-state index in [0.717, 1.165) is 109 Å². The van der Waals surface area contributed by atoms with Crippen molar-refractivity contribution in [3.63, 3.8) is 0 Å². The maximum absolute atomic E-state index is 12.9. The predicted octanol–water partition coefficient (Wildman–Crippen LogP) is 23.6. The van der Waals surface area contributed by atoms with Gasteiger partial charge in [-0.2, -0.15) is 0 Å². The lowest BCUT2D eigenvalue weighted by Gasteiger charge is -2.18. The van der Waals surface area contributed by atoms with E-state index in [1.807, 2.05) is 0 Å². The van der Waals surface area contributed by atoms with Crippen LogP contribution >= 0.6 is 0 Å². The van der Waals surface area contributed by atoms with Gasteiger partial charge in [-0.3, -0.25) is 14.4 Å². The maximum atomic E-state index is 12.9. The standard InChI is InChI=1S/C75H126O6/c1-4-7-10-13-16-19-22-25-28-31-33-35-36-37-38-40-41-44-47-50-53-56-59-62-65-68-74(77)80-71-72(70-79-73(76)67-64-61-58-55-52-49-46-43-30-27-24-21-18-15-12-9-6-3)81-75(78)69-66-63-60-57-54-51-48-45-42-39-34-32-29-26-23-20-17-14-11-8-5-2/h9,12,18,21-23,25-27,30-34,42,45-46,49,55,58,72H,4-8,10-11,13-17,19-20,24,28-29,35-41,43-44,47-48,50-54,56-57,59-71H2,1-3H3/b12-9-,21-18-,25-22-,26-23-,30-27-,33-31-,34-32-,45-42-,49-46-,58-55-. The fourth-order valence-corrected chi connectivity index (χ4v) is 9.34. The first kappa shape index (κ1) is 76.8. The number of ether oxygens (including phenoxy) is 3. The van der Waals surface area contributed by atoms with Crippen LogP contribution in [-0.2, 0) is 28.6 Å². The molecule has 0 bridgehead atoms. The van der Waals surface area contributed by atoms with Crippen LogP contribution in [0.5, 0.6) is 0 Å². The van der Waals surface area contributed by atoms with Crippen molar-refractivity contribution in [2.24, 2.45) is 0 Å². The van der Waals surface area contributed by atoms with Gasteiger partial charge in [0.15, 0.2) is 6.10 Å². The average molecular weight is 1120 g/mol. The molecule has 462 valence electrons. The summed E-state index contributed by atoms with van der Waals surface area (Å²) in [5.41, 5.74) is 0. The first-order valence-electron chi connectivity index (χ1n) is 34.0. The third-order valence-electron chi connectivity index (χ3n) is 14.4. The Kier molecular flexibility index (Phi) is 64.8. The molecule has 0 aromatic rings. The van der Waals surface area contributed by atoms with Gasteiger partial charge in [0.25, 0.3) is 0 Å². The molecule has 0 saturated heterocycles. The summed E-state index contributed by atoms with van der Waals surface area (Å²) in [5.74, 6) is -0.970. The van der Waals surface area contributed by atoms with Crippen LogP contribution < -0.4 is 0 Å². The van der Waals surface area contributed by atoms with E-state index in [0.29, 0.717) is 19.3 Å². The topological polar surface area (TPSA) is 78.9 Å². The molecule has 6 heteroatoms. The lowest BCUT2D eigenvalue weighted by Crippen LogP contribution is -2.30. The van der Waals surface area contributed by atoms with Crippen molar-refractivity contribution in [1.82, 2.24) is 0 Å². The van der Waals surface area contributed by atoms with Gasteiger partial charge in [-0.25, -0.2) is 0 Å². The van der Waals surface area contributed by atoms with Gasteiger partial charge in [0.05, 0.1) is 0 Å². The Morgan fingerprint density at radius 1 is 0.259 bits per heavy atom. The van der Waals surface area contributed by atoms with Crippen LogP contribution in [-0.4, -0.2) is 37.2 Å². The molecule has 0 heterocycles. The molecule has 0 amide bonds. The van der Waals surface area contributed by atoms with E-state index in [1.165, 1.54) is 161 Å². The van der Waals surface area contributed by atoms with E-state index in [9.17, 15) is 14.4 Å². The highest BCUT2D eigenvalue weighted by Gasteiger charge is 2.19. The molecule has 81 heavy (non-hydrogen) atoms. The predicted molar refractivity (Wildman–Crippen MR) is 353 cm³/mol. The first-order chi connectivity index (χ1) is 40.0. The van der Waals surface area contributed by atoms with E-state index < -0.39 is 6.10 Å². The largest absolute Gasteiger partial charge is 0.462 e. The van der Waals surface area contributed by atoms with Crippen LogP contribution in [0.3, 0.4) is 0 Å². The van der Waals surface area contributed by atoms with Crippen molar-refractivity contribution in [2.45, 2.75) is 322 Å². The number of hydrogen-bond donors (Lipinski definition) is 0. The fourth-order valence-electron chi connectivity index (χ4n) is 9.34. The summed E-state index contributed by atoms with van der Waals surface area (Å²) in [5, 5.41) is 0. The minimum absolute atomic E-state index is 0.103. The molecule has 0 aromatic carbocycles. The molecule has 1 atom stereocenters. The van der Waals surface area contributed by atoms with Crippen molar-refractivity contribution in [3.8, 4) is 0 Å². The van der Waals surface area contributed by atoms with E-state index in [4.69, 9.17) is 14.2 Å². The van der Waals surface area contributed by atoms with Gasteiger partial charge in [-0.1, -0.05) is 290 Å². The number of carbonyl (C=O) groups is 3. The molecule has 0 saturated carbocycles. The molecule has 0 aliphatic heterocycles. The van der Waals surface area contributed by atoms with Crippen LogP contribution in [0.15, 0.2) is 122 Å². The van der Waals surface area contributed by atoms with Gasteiger partial charge >= 0.3 is 17.9 Å². The van der Waals surface area contributed by atoms with Crippen LogP contribution in [0.1, 0.15) is 316 Å². The maximum Gasteiger partial charge on any atom is 0.306 e. The van der Waals surface area contributed by atoms with Gasteiger partial charge in [-0.15, -0.1) is 0 Å². The molecule has 0 spiro atoms. The molecule has 0 N–H and O–H groups in total. The highest BCUT2D eigenvalue weighted by atomic mass is 16.6. The van der Waals surface area contributed by atoms with E-state index >= 15 is 0 Å². The third-order valence-corrected chi connectivity index (χ3v) is 14.4. The second kappa shape index (κ2) is 68.3. The van der Waals surface area contributed by atoms with Crippen LogP contribution in [0.2, 0.25) is 0 Å². The second-order valence-corrected chi connectivity index (χ2v) is 22.3. The summed E-state index contributed by atoms with van der Waals surface area (Å²) in [6.07, 6.45) is 95.0. The Bertz CT molecular complexity index is 1670. The molecule has 0 radical (unpaired) electrons. The molecule has 1 unspecified atom stereocenters. The van der Waals surface area contributed by atoms with Crippen molar-refractivity contribution in [3.05, 3.63) is 122 Å². The van der Waals surface area contributed by atoms with E-state index in [-0.39, 0.29) is 37.5 Å². The second-order valence-electron chi connectivity index (χ2n) is 22.3. The van der Waals surface area contributed by atoms with E-state index in [1.54, 1.807) is 0 Å². The lowest BCUT2D eigenvalue weighted by molar-refractivity contribution is -0.167. The molecule has 6 nitrogen and oxygen atoms in total. The molecule has 0 fully saturated rings. The number of hydrogen-bond acceptors (Lipinski definition) is 6. The minimum atomic E-state index is -0.814. The average Bonchev–Trinajstić information content (AvgIpc) is 3.47. The molecular weight excluding hydrogens is 997 g/mol. The Labute approximate surface area is 501 Å². The zero-order valence-electron chi connectivity index (χ0n) is 53.0. The number of allylic oxidation sites excluding steroid dienone is 20. The summed E-state index contributed by atoms with van der Waals surface area (Å²) in [4.78, 5) is 38.4. The van der Waals surface area contributed by atoms with Gasteiger partial charge in [0, 0.05) is 19.3 Å². The normalized spacial score (nSPS) is 12.9. The van der Waals surface area contributed by atoms with Crippen molar-refractivity contribution in [1.29, 1.82) is 0 Å². The van der Waals surface area contributed by atoms with Gasteiger partial charge in [-0.05, 0) is 128 Å². The van der Waals surface area contributed by atoms with Crippen molar-refractivity contribution in [2.75, 3.05) is 13.2 Å². The summed E-state index contributed by atoms with van der Waals surface area (Å²) >= 11 is 0. The van der Waals surface area contributed by atoms with Gasteiger partial charge in [0.2, 0.25) is 0 Å². The lowest BCUT2D eigenvalue weighted by atomic mass is 10.0. The molecular formula is C75H126O6. The SMILES string of the molecule is CC/C=C\C/C=C\C/C=C\C/C=C\C/C=C\CCCC(=O)OCC(COC(=O)CCCCCCCCCCCCCCC/C=C\C/C=C\CCCCCCC)OC(=O)CCCCCCCC/C=C\C/C=C\C/C=C\CCCCCCC. The number of unbranched alkanes of at least 4 members (excludes halogenated alkanes) is 30. The van der Waals surface area contributed by atoms with Crippen LogP contribution in [0.25, 0.3) is 0 Å². The number of esters is 3. The Morgan fingerprint density at radius 3 is 0.802 bits per heavy atom. The van der Waals surface area contributed by atoms with Crippen LogP contribution in [0.4, 0.5) is 0 Å². The van der Waals surface area contributed by atoms with Crippen LogP contribution in [0, 0.1) is 0 Å². The van der Waals surface area contributed by atoms with E-state index in [2.05, 4.69) is 142 Å². The van der Waals surface area contributed by atoms with Gasteiger partial charge in [0.1, 0.15) is 13.2 Å². The number of rotatable bonds is 61. The third kappa shape index (κ3) is 66.5. The minimum Gasteiger partial charge on any atom is -0.462 e. The zero-order valence-corrected chi connectivity index (χ0v) is 53.0. The monoisotopic (exact) mass is 1120 g/mol. The molecule has 0 aliphatic carbocycles. The summed E-state index contributed by atoms with van der Waals surface area (Å²) in [6.45, 7) is 6.47. The smallest absolute Gasteiger partial charge is 0.306 e. The van der Waals surface area contributed by atoms with Gasteiger partial charge < -0.3 is 14.2 Å². The van der Waals surface area contributed by atoms with Crippen molar-refractivity contribution < 1.29 is 28.6 Å². The summed E-state index contributed by atoms with van der Waals surface area (Å²) in [7, 11) is 0. The van der Waals surface area contributed by atoms with Crippen molar-refractivity contribution >= 4 is 17.9 Å². The summed E-state index contributed by atoms with van der Waals surface area (Å²) in [6, 6.07) is 0. The zero-order chi connectivity index (χ0) is 58.5. The summed E-state index contributed by atoms with van der Waals surface area (Å²) < 4.78 is 16.9.